The van der Waals surface area contributed by atoms with Gasteiger partial charge in [-0.15, -0.1) is 0 Å². The van der Waals surface area contributed by atoms with Crippen LogP contribution in [0.25, 0.3) is 0 Å². The van der Waals surface area contributed by atoms with E-state index < -0.39 is 9.05 Å². The van der Waals surface area contributed by atoms with E-state index in [-0.39, 0.29) is 14.9 Å². The summed E-state index contributed by atoms with van der Waals surface area (Å²) in [4.78, 5) is 3.85. The van der Waals surface area contributed by atoms with Gasteiger partial charge in [-0.2, -0.15) is 0 Å². The van der Waals surface area contributed by atoms with Crippen molar-refractivity contribution in [1.29, 1.82) is 0 Å². The molecule has 0 aliphatic carbocycles. The van der Waals surface area contributed by atoms with E-state index >= 15 is 0 Å². The third kappa shape index (κ3) is 4.03. The Morgan fingerprint density at radius 2 is 2.00 bits per heavy atom. The number of hydrogen-bond acceptors (Lipinski definition) is 4. The predicted octanol–water partition coefficient (Wildman–Crippen LogP) is 3.50. The van der Waals surface area contributed by atoms with Crippen LogP contribution in [0.3, 0.4) is 0 Å². The van der Waals surface area contributed by atoms with Crippen molar-refractivity contribution in [2.45, 2.75) is 18.4 Å². The molecule has 0 atom stereocenters. The normalized spacial score (nSPS) is 11.6. The average Bonchev–Trinajstić information content (AvgIpc) is 2.77. The minimum absolute atomic E-state index is 0.0387. The highest BCUT2D eigenvalue weighted by atomic mass is 35.7. The van der Waals surface area contributed by atoms with Gasteiger partial charge in [0.2, 0.25) is 0 Å². The number of imidazole rings is 1. The molecule has 0 aliphatic heterocycles. The van der Waals surface area contributed by atoms with Gasteiger partial charge < -0.3 is 9.30 Å². The summed E-state index contributed by atoms with van der Waals surface area (Å²) in [6.45, 7) is 2.79. The number of rotatable bonds is 5. The maximum absolute atomic E-state index is 11.3. The van der Waals surface area contributed by atoms with E-state index in [9.17, 15) is 8.42 Å². The van der Waals surface area contributed by atoms with Crippen LogP contribution in [0.1, 0.15) is 5.82 Å². The molecule has 0 radical (unpaired) electrons. The zero-order valence-electron chi connectivity index (χ0n) is 10.9. The van der Waals surface area contributed by atoms with Crippen molar-refractivity contribution in [3.8, 4) is 5.75 Å². The summed E-state index contributed by atoms with van der Waals surface area (Å²) >= 11 is 11.8. The quantitative estimate of drug-likeness (QED) is 0.757. The molecule has 2 rings (SSSR count). The molecule has 0 amide bonds. The van der Waals surface area contributed by atoms with Crippen molar-refractivity contribution in [2.75, 3.05) is 6.61 Å². The van der Waals surface area contributed by atoms with Gasteiger partial charge in [0, 0.05) is 29.1 Å². The van der Waals surface area contributed by atoms with Crippen molar-refractivity contribution >= 4 is 42.9 Å². The van der Waals surface area contributed by atoms with Crippen LogP contribution in [0.4, 0.5) is 0 Å². The molecule has 0 aliphatic rings. The molecule has 9 heteroatoms. The first-order chi connectivity index (χ1) is 9.79. The first-order valence-corrected chi connectivity index (χ1v) is 8.90. The van der Waals surface area contributed by atoms with Crippen molar-refractivity contribution in [3.05, 3.63) is 40.4 Å². The van der Waals surface area contributed by atoms with Crippen LogP contribution in [0, 0.1) is 6.92 Å². The summed E-state index contributed by atoms with van der Waals surface area (Å²) < 4.78 is 30.0. The number of ether oxygens (including phenoxy) is 1. The van der Waals surface area contributed by atoms with E-state index in [0.717, 1.165) is 5.82 Å². The van der Waals surface area contributed by atoms with Crippen LogP contribution >= 0.6 is 33.9 Å². The summed E-state index contributed by atoms with van der Waals surface area (Å²) in [6.07, 6.45) is 3.52. The van der Waals surface area contributed by atoms with E-state index in [2.05, 4.69) is 4.98 Å². The van der Waals surface area contributed by atoms with E-state index in [4.69, 9.17) is 38.6 Å². The summed E-state index contributed by atoms with van der Waals surface area (Å²) in [7, 11) is 1.31. The largest absolute Gasteiger partial charge is 0.490 e. The second-order valence-corrected chi connectivity index (χ2v) is 7.52. The predicted molar refractivity (Wildman–Crippen MR) is 82.0 cm³/mol. The fourth-order valence-corrected chi connectivity index (χ4v) is 3.49. The van der Waals surface area contributed by atoms with Crippen molar-refractivity contribution in [3.63, 3.8) is 0 Å². The molecule has 0 fully saturated rings. The number of aromatic nitrogens is 2. The summed E-state index contributed by atoms with van der Waals surface area (Å²) in [6, 6.07) is 2.50. The zero-order chi connectivity index (χ0) is 15.6. The zero-order valence-corrected chi connectivity index (χ0v) is 14.0. The van der Waals surface area contributed by atoms with Crippen molar-refractivity contribution < 1.29 is 13.2 Å². The van der Waals surface area contributed by atoms with E-state index in [1.165, 1.54) is 12.1 Å². The molecule has 0 saturated carbocycles. The fraction of sp³-hybridized carbons (Fsp3) is 0.250. The monoisotopic (exact) mass is 368 g/mol. The maximum atomic E-state index is 11.3. The second-order valence-electron chi connectivity index (χ2n) is 4.17. The van der Waals surface area contributed by atoms with E-state index in [0.29, 0.717) is 18.9 Å². The Kier molecular flexibility index (Phi) is 5.03. The molecule has 1 heterocycles. The summed E-state index contributed by atoms with van der Waals surface area (Å²) in [5.41, 5.74) is 0. The van der Waals surface area contributed by atoms with Gasteiger partial charge in [-0.1, -0.05) is 23.2 Å². The van der Waals surface area contributed by atoms with Gasteiger partial charge in [0.25, 0.3) is 9.05 Å². The van der Waals surface area contributed by atoms with Gasteiger partial charge in [-0.3, -0.25) is 0 Å². The van der Waals surface area contributed by atoms with Gasteiger partial charge in [0.1, 0.15) is 23.1 Å². The van der Waals surface area contributed by atoms with E-state index in [1.807, 2.05) is 17.7 Å². The molecule has 0 saturated heterocycles. The Hall–Kier alpha value is -0.950. The molecule has 0 N–H and O–H groups in total. The molecule has 0 spiro atoms. The number of aryl methyl sites for hydroxylation is 1. The Morgan fingerprint density at radius 3 is 2.57 bits per heavy atom. The Morgan fingerprint density at radius 1 is 1.29 bits per heavy atom. The Bertz CT molecular complexity index is 759. The van der Waals surface area contributed by atoms with Gasteiger partial charge in [0.05, 0.1) is 16.6 Å². The van der Waals surface area contributed by atoms with Gasteiger partial charge in [0.15, 0.2) is 0 Å². The smallest absolute Gasteiger partial charge is 0.262 e. The van der Waals surface area contributed by atoms with Gasteiger partial charge in [-0.25, -0.2) is 13.4 Å². The lowest BCUT2D eigenvalue weighted by atomic mass is 10.3. The molecule has 0 bridgehead atoms. The van der Waals surface area contributed by atoms with Crippen LogP contribution in [0.15, 0.2) is 29.4 Å². The third-order valence-electron chi connectivity index (χ3n) is 2.76. The van der Waals surface area contributed by atoms with Gasteiger partial charge in [-0.05, 0) is 13.0 Å². The maximum Gasteiger partial charge on any atom is 0.262 e. The SMILES string of the molecule is Cc1nccn1CCOc1cc(Cl)c(S(=O)(=O)Cl)cc1Cl. The number of benzene rings is 1. The molecule has 2 aromatic rings. The van der Waals surface area contributed by atoms with Crippen molar-refractivity contribution in [1.82, 2.24) is 9.55 Å². The van der Waals surface area contributed by atoms with Crippen LogP contribution in [-0.4, -0.2) is 24.6 Å². The molecule has 5 nitrogen and oxygen atoms in total. The lowest BCUT2D eigenvalue weighted by Crippen LogP contribution is -2.09. The Labute approximate surface area is 136 Å². The van der Waals surface area contributed by atoms with Crippen LogP contribution in [0.2, 0.25) is 10.0 Å². The molecule has 0 unspecified atom stereocenters. The highest BCUT2D eigenvalue weighted by Gasteiger charge is 2.18. The van der Waals surface area contributed by atoms with Crippen LogP contribution in [-0.2, 0) is 15.6 Å². The standard InChI is InChI=1S/C12H11Cl3N2O3S/c1-8-16-2-3-17(8)4-5-20-11-6-10(14)12(7-9(11)13)21(15,18)19/h2-3,6-7H,4-5H2,1H3. The lowest BCUT2D eigenvalue weighted by Gasteiger charge is -2.11. The molecule has 114 valence electrons. The summed E-state index contributed by atoms with van der Waals surface area (Å²) in [5, 5.41) is 0.0872. The molecular weight excluding hydrogens is 359 g/mol. The molecule has 21 heavy (non-hydrogen) atoms. The second kappa shape index (κ2) is 6.44. The molecule has 1 aromatic carbocycles. The topological polar surface area (TPSA) is 61.2 Å². The Balaban J connectivity index is 2.11. The summed E-state index contributed by atoms with van der Waals surface area (Å²) in [5.74, 6) is 1.16. The van der Waals surface area contributed by atoms with Crippen LogP contribution < -0.4 is 4.74 Å². The molecule has 1 aromatic heterocycles. The first kappa shape index (κ1) is 16.4. The van der Waals surface area contributed by atoms with E-state index in [1.54, 1.807) is 6.20 Å². The highest BCUT2D eigenvalue weighted by molar-refractivity contribution is 8.13. The number of halogens is 3. The number of nitrogens with zero attached hydrogens (tertiary/aromatic N) is 2. The minimum atomic E-state index is -3.95. The average molecular weight is 370 g/mol. The number of hydrogen-bond donors (Lipinski definition) is 0. The highest BCUT2D eigenvalue weighted by Crippen LogP contribution is 2.34. The fourth-order valence-electron chi connectivity index (χ4n) is 1.70. The first-order valence-electron chi connectivity index (χ1n) is 5.83. The van der Waals surface area contributed by atoms with Crippen LogP contribution in [0.5, 0.6) is 5.75 Å². The molecular formula is C12H11Cl3N2O3S. The third-order valence-corrected chi connectivity index (χ3v) is 4.84. The minimum Gasteiger partial charge on any atom is -0.490 e. The van der Waals surface area contributed by atoms with Gasteiger partial charge >= 0.3 is 0 Å². The van der Waals surface area contributed by atoms with Crippen molar-refractivity contribution in [2.24, 2.45) is 0 Å². The lowest BCUT2D eigenvalue weighted by molar-refractivity contribution is 0.297.